The van der Waals surface area contributed by atoms with Crippen molar-refractivity contribution in [3.63, 3.8) is 0 Å². The van der Waals surface area contributed by atoms with Crippen LogP contribution in [0.2, 0.25) is 0 Å². The molecule has 7 nitrogen and oxygen atoms in total. The summed E-state index contributed by atoms with van der Waals surface area (Å²) in [5.41, 5.74) is 4.74. The van der Waals surface area contributed by atoms with Crippen LogP contribution in [0.25, 0.3) is 11.1 Å². The first kappa shape index (κ1) is 23.4. The molecule has 2 aliphatic carbocycles. The van der Waals surface area contributed by atoms with Crippen molar-refractivity contribution in [2.24, 2.45) is 11.8 Å². The van der Waals surface area contributed by atoms with Crippen molar-refractivity contribution in [1.82, 2.24) is 10.2 Å². The number of aliphatic carboxylic acids is 1. The molecule has 0 radical (unpaired) electrons. The van der Waals surface area contributed by atoms with Gasteiger partial charge in [0.25, 0.3) is 0 Å². The normalized spacial score (nSPS) is 25.2. The molecule has 3 aliphatic rings. The lowest BCUT2D eigenvalue weighted by molar-refractivity contribution is -0.149. The molecule has 2 fully saturated rings. The highest BCUT2D eigenvalue weighted by atomic mass is 16.5. The minimum Gasteiger partial charge on any atom is -0.480 e. The summed E-state index contributed by atoms with van der Waals surface area (Å²) in [4.78, 5) is 38.5. The number of nitrogens with one attached hydrogen (secondary N) is 1. The van der Waals surface area contributed by atoms with Gasteiger partial charge in [-0.25, -0.2) is 9.59 Å². The number of carboxylic acids is 1. The third-order valence-electron chi connectivity index (χ3n) is 7.94. The number of amides is 2. The van der Waals surface area contributed by atoms with Gasteiger partial charge >= 0.3 is 12.1 Å². The topological polar surface area (TPSA) is 95.9 Å². The van der Waals surface area contributed by atoms with E-state index in [4.69, 9.17) is 4.74 Å². The number of hydrogen-bond donors (Lipinski definition) is 2. The number of benzene rings is 2. The minimum absolute atomic E-state index is 0.0205. The second-order valence-corrected chi connectivity index (χ2v) is 10.2. The molecule has 0 spiro atoms. The van der Waals surface area contributed by atoms with Gasteiger partial charge in [0.05, 0.1) is 0 Å². The van der Waals surface area contributed by atoms with Crippen LogP contribution in [0.3, 0.4) is 0 Å². The Balaban J connectivity index is 1.12. The highest BCUT2D eigenvalue weighted by Gasteiger charge is 2.40. The predicted molar refractivity (Wildman–Crippen MR) is 131 cm³/mol. The Morgan fingerprint density at radius 3 is 2.31 bits per heavy atom. The van der Waals surface area contributed by atoms with Crippen molar-refractivity contribution >= 4 is 18.0 Å². The largest absolute Gasteiger partial charge is 0.480 e. The maximum atomic E-state index is 12.8. The molecular formula is C28H32N2O5. The highest BCUT2D eigenvalue weighted by Crippen LogP contribution is 2.44. The van der Waals surface area contributed by atoms with Crippen LogP contribution in [0.1, 0.15) is 56.1 Å². The van der Waals surface area contributed by atoms with E-state index in [2.05, 4.69) is 29.6 Å². The fourth-order valence-corrected chi connectivity index (χ4v) is 6.17. The smallest absolute Gasteiger partial charge is 0.407 e. The molecule has 2 aromatic rings. The number of hydrogen-bond acceptors (Lipinski definition) is 4. The first-order valence-corrected chi connectivity index (χ1v) is 12.6. The summed E-state index contributed by atoms with van der Waals surface area (Å²) in [6.45, 7) is 2.67. The van der Waals surface area contributed by atoms with Crippen molar-refractivity contribution in [2.75, 3.05) is 13.2 Å². The number of rotatable bonds is 6. The van der Waals surface area contributed by atoms with Crippen LogP contribution in [0.4, 0.5) is 4.79 Å². The lowest BCUT2D eigenvalue weighted by atomic mass is 9.98. The molecule has 4 atom stereocenters. The number of likely N-dealkylation sites (tertiary alicyclic amines) is 1. The standard InChI is InChI=1S/C28H32N2O5/c1-17-12-13-30(26(17)27(32)33)25(31)15-18-10-11-19(14-18)29-28(34)35-16-24-22-8-4-2-6-20(22)21-7-3-5-9-23(21)24/h2-9,17-19,24,26H,10-16H2,1H3,(H,29,34)(H,32,33). The molecule has 0 bridgehead atoms. The zero-order valence-corrected chi connectivity index (χ0v) is 20.0. The summed E-state index contributed by atoms with van der Waals surface area (Å²) >= 11 is 0. The quantitative estimate of drug-likeness (QED) is 0.644. The van der Waals surface area contributed by atoms with E-state index in [1.54, 1.807) is 0 Å². The number of carbonyl (C=O) groups excluding carboxylic acids is 2. The van der Waals surface area contributed by atoms with Gasteiger partial charge in [0.2, 0.25) is 5.91 Å². The first-order chi connectivity index (χ1) is 16.9. The average Bonchev–Trinajstić information content (AvgIpc) is 3.53. The van der Waals surface area contributed by atoms with E-state index in [9.17, 15) is 19.5 Å². The number of fused-ring (bicyclic) bond motifs is 3. The van der Waals surface area contributed by atoms with Crippen LogP contribution < -0.4 is 5.32 Å². The van der Waals surface area contributed by atoms with Crippen molar-refractivity contribution in [2.45, 2.75) is 57.0 Å². The number of carboxylic acid groups (broad SMARTS) is 1. The average molecular weight is 477 g/mol. The van der Waals surface area contributed by atoms with Crippen LogP contribution >= 0.6 is 0 Å². The third-order valence-corrected chi connectivity index (χ3v) is 7.94. The molecule has 1 aliphatic heterocycles. The zero-order chi connectivity index (χ0) is 24.5. The summed E-state index contributed by atoms with van der Waals surface area (Å²) < 4.78 is 5.66. The molecule has 1 saturated carbocycles. The van der Waals surface area contributed by atoms with E-state index < -0.39 is 18.1 Å². The Morgan fingerprint density at radius 1 is 1.00 bits per heavy atom. The van der Waals surface area contributed by atoms with Crippen molar-refractivity contribution in [3.05, 3.63) is 59.7 Å². The van der Waals surface area contributed by atoms with E-state index in [1.807, 2.05) is 31.2 Å². The Labute approximate surface area is 205 Å². The number of carbonyl (C=O) groups is 3. The van der Waals surface area contributed by atoms with Gasteiger partial charge in [-0.15, -0.1) is 0 Å². The lowest BCUT2D eigenvalue weighted by Gasteiger charge is -2.24. The van der Waals surface area contributed by atoms with Gasteiger partial charge in [0, 0.05) is 24.9 Å². The lowest BCUT2D eigenvalue weighted by Crippen LogP contribution is -2.43. The Bertz CT molecular complexity index is 1090. The summed E-state index contributed by atoms with van der Waals surface area (Å²) in [5, 5.41) is 12.5. The fraction of sp³-hybridized carbons (Fsp3) is 0.464. The van der Waals surface area contributed by atoms with Crippen LogP contribution in [-0.2, 0) is 14.3 Å². The molecule has 35 heavy (non-hydrogen) atoms. The molecule has 2 N–H and O–H groups in total. The zero-order valence-electron chi connectivity index (χ0n) is 20.0. The maximum Gasteiger partial charge on any atom is 0.407 e. The molecule has 184 valence electrons. The summed E-state index contributed by atoms with van der Waals surface area (Å²) in [7, 11) is 0. The van der Waals surface area contributed by atoms with E-state index in [1.165, 1.54) is 27.2 Å². The third kappa shape index (κ3) is 4.64. The van der Waals surface area contributed by atoms with E-state index >= 15 is 0 Å². The molecule has 1 saturated heterocycles. The van der Waals surface area contributed by atoms with Gasteiger partial charge < -0.3 is 20.1 Å². The molecule has 2 amide bonds. The SMILES string of the molecule is CC1CCN(C(=O)CC2CCC(NC(=O)OCC3c4ccccc4-c4ccccc43)C2)C1C(=O)O. The minimum atomic E-state index is -0.926. The molecule has 7 heteroatoms. The molecule has 0 aromatic heterocycles. The maximum absolute atomic E-state index is 12.8. The van der Waals surface area contributed by atoms with Crippen molar-refractivity contribution in [3.8, 4) is 11.1 Å². The van der Waals surface area contributed by atoms with Gasteiger partial charge in [-0.2, -0.15) is 0 Å². The molecule has 1 heterocycles. The number of alkyl carbamates (subject to hydrolysis) is 1. The van der Waals surface area contributed by atoms with Gasteiger partial charge in [0.1, 0.15) is 12.6 Å². The van der Waals surface area contributed by atoms with E-state index in [-0.39, 0.29) is 36.3 Å². The fourth-order valence-electron chi connectivity index (χ4n) is 6.17. The second-order valence-electron chi connectivity index (χ2n) is 10.2. The van der Waals surface area contributed by atoms with Gasteiger partial charge in [-0.3, -0.25) is 4.79 Å². The molecule has 5 rings (SSSR count). The predicted octanol–water partition coefficient (Wildman–Crippen LogP) is 4.41. The van der Waals surface area contributed by atoms with Crippen LogP contribution in [0.5, 0.6) is 0 Å². The van der Waals surface area contributed by atoms with Crippen molar-refractivity contribution < 1.29 is 24.2 Å². The second kappa shape index (κ2) is 9.72. The molecular weight excluding hydrogens is 444 g/mol. The monoisotopic (exact) mass is 476 g/mol. The van der Waals surface area contributed by atoms with Gasteiger partial charge in [0.15, 0.2) is 0 Å². The van der Waals surface area contributed by atoms with Gasteiger partial charge in [-0.1, -0.05) is 55.5 Å². The summed E-state index contributed by atoms with van der Waals surface area (Å²) in [5.74, 6) is -0.875. The highest BCUT2D eigenvalue weighted by molar-refractivity contribution is 5.84. The van der Waals surface area contributed by atoms with Crippen LogP contribution in [-0.4, -0.2) is 53.2 Å². The van der Waals surface area contributed by atoms with E-state index in [0.717, 1.165) is 19.3 Å². The van der Waals surface area contributed by atoms with Crippen LogP contribution in [0, 0.1) is 11.8 Å². The number of nitrogens with zero attached hydrogens (tertiary/aromatic N) is 1. The molecule has 4 unspecified atom stereocenters. The first-order valence-electron chi connectivity index (χ1n) is 12.6. The Morgan fingerprint density at radius 2 is 1.66 bits per heavy atom. The summed E-state index contributed by atoms with van der Waals surface area (Å²) in [6, 6.07) is 15.7. The molecule has 2 aromatic carbocycles. The summed E-state index contributed by atoms with van der Waals surface area (Å²) in [6.07, 6.45) is 2.96. The Hall–Kier alpha value is -3.35. The number of ether oxygens (including phenoxy) is 1. The van der Waals surface area contributed by atoms with Crippen LogP contribution in [0.15, 0.2) is 48.5 Å². The van der Waals surface area contributed by atoms with Gasteiger partial charge in [-0.05, 0) is 59.8 Å². The van der Waals surface area contributed by atoms with Crippen molar-refractivity contribution in [1.29, 1.82) is 0 Å². The Kier molecular flexibility index (Phi) is 6.50. The van der Waals surface area contributed by atoms with E-state index in [0.29, 0.717) is 19.4 Å².